The minimum atomic E-state index is 0.338. The van der Waals surface area contributed by atoms with E-state index in [0.29, 0.717) is 10.1 Å². The zero-order valence-corrected chi connectivity index (χ0v) is 13.9. The molecule has 0 radical (unpaired) electrons. The Bertz CT molecular complexity index is 497. The van der Waals surface area contributed by atoms with Gasteiger partial charge >= 0.3 is 0 Å². The van der Waals surface area contributed by atoms with E-state index in [9.17, 15) is 0 Å². The van der Waals surface area contributed by atoms with Gasteiger partial charge in [0.05, 0.1) is 5.69 Å². The first-order valence-electron chi connectivity index (χ1n) is 7.56. The normalized spacial score (nSPS) is 19.4. The van der Waals surface area contributed by atoms with Gasteiger partial charge in [-0.25, -0.2) is 9.97 Å². The fourth-order valence-corrected chi connectivity index (χ4v) is 3.50. The molecule has 2 N–H and O–H groups in total. The van der Waals surface area contributed by atoms with Crippen molar-refractivity contribution in [1.82, 2.24) is 15.3 Å². The molecule has 5 heteroatoms. The fourth-order valence-electron chi connectivity index (χ4n) is 3.10. The lowest BCUT2D eigenvalue weighted by atomic mass is 9.67. The molecule has 0 bridgehead atoms. The lowest BCUT2D eigenvalue weighted by molar-refractivity contribution is 0.134. The Labute approximate surface area is 129 Å². The third-order valence-corrected chi connectivity index (χ3v) is 5.18. The second-order valence-electron chi connectivity index (χ2n) is 6.66. The Morgan fingerprint density at radius 1 is 1.35 bits per heavy atom. The van der Waals surface area contributed by atoms with Gasteiger partial charge in [0.15, 0.2) is 4.73 Å². The summed E-state index contributed by atoms with van der Waals surface area (Å²) >= 11 is 3.43. The third-order valence-electron chi connectivity index (χ3n) is 4.83. The summed E-state index contributed by atoms with van der Waals surface area (Å²) in [6.07, 6.45) is 5.13. The number of hydrogen-bond acceptors (Lipinski definition) is 4. The largest absolute Gasteiger partial charge is 0.369 e. The SMILES string of the molecule is CC(C)(CNc1nc(Br)nc2c1CNCC2)C1CCC1. The molecule has 4 nitrogen and oxygen atoms in total. The van der Waals surface area contributed by atoms with Gasteiger partial charge < -0.3 is 10.6 Å². The summed E-state index contributed by atoms with van der Waals surface area (Å²) < 4.78 is 0.696. The monoisotopic (exact) mass is 338 g/mol. The van der Waals surface area contributed by atoms with Crippen LogP contribution in [0.15, 0.2) is 4.73 Å². The van der Waals surface area contributed by atoms with Crippen LogP contribution >= 0.6 is 15.9 Å². The summed E-state index contributed by atoms with van der Waals surface area (Å²) in [6, 6.07) is 0. The highest BCUT2D eigenvalue weighted by molar-refractivity contribution is 9.10. The molecule has 1 aromatic rings. The molecule has 1 saturated carbocycles. The molecule has 0 amide bonds. The van der Waals surface area contributed by atoms with Crippen LogP contribution in [0.4, 0.5) is 5.82 Å². The van der Waals surface area contributed by atoms with Crippen molar-refractivity contribution in [2.45, 2.75) is 46.1 Å². The first-order valence-corrected chi connectivity index (χ1v) is 8.35. The summed E-state index contributed by atoms with van der Waals surface area (Å²) in [7, 11) is 0. The number of halogens is 1. The van der Waals surface area contributed by atoms with Crippen molar-refractivity contribution < 1.29 is 0 Å². The maximum atomic E-state index is 4.55. The molecule has 0 spiro atoms. The Morgan fingerprint density at radius 3 is 2.85 bits per heavy atom. The number of aromatic nitrogens is 2. The van der Waals surface area contributed by atoms with E-state index in [1.54, 1.807) is 0 Å². The molecular weight excluding hydrogens is 316 g/mol. The Morgan fingerprint density at radius 2 is 2.15 bits per heavy atom. The van der Waals surface area contributed by atoms with Crippen LogP contribution in [-0.4, -0.2) is 23.1 Å². The van der Waals surface area contributed by atoms with Crippen molar-refractivity contribution in [2.75, 3.05) is 18.4 Å². The highest BCUT2D eigenvalue weighted by Gasteiger charge is 2.34. The average Bonchev–Trinajstić information content (AvgIpc) is 2.33. The Hall–Kier alpha value is -0.680. The lowest BCUT2D eigenvalue weighted by Gasteiger charge is -2.40. The molecule has 0 unspecified atom stereocenters. The van der Waals surface area contributed by atoms with E-state index in [4.69, 9.17) is 0 Å². The van der Waals surface area contributed by atoms with E-state index in [0.717, 1.165) is 37.8 Å². The summed E-state index contributed by atoms with van der Waals surface area (Å²) in [5, 5.41) is 6.99. The Kier molecular flexibility index (Phi) is 4.00. The molecule has 1 fully saturated rings. The van der Waals surface area contributed by atoms with Crippen LogP contribution in [0.1, 0.15) is 44.4 Å². The van der Waals surface area contributed by atoms with Crippen molar-refractivity contribution in [3.05, 3.63) is 16.0 Å². The highest BCUT2D eigenvalue weighted by Crippen LogP contribution is 2.41. The minimum absolute atomic E-state index is 0.338. The van der Waals surface area contributed by atoms with Crippen LogP contribution in [-0.2, 0) is 13.0 Å². The van der Waals surface area contributed by atoms with Crippen molar-refractivity contribution in [1.29, 1.82) is 0 Å². The second-order valence-corrected chi connectivity index (χ2v) is 7.37. The zero-order valence-electron chi connectivity index (χ0n) is 12.3. The van der Waals surface area contributed by atoms with Gasteiger partial charge in [-0.05, 0) is 40.1 Å². The first-order chi connectivity index (χ1) is 9.56. The first kappa shape index (κ1) is 14.3. The second kappa shape index (κ2) is 5.60. The predicted molar refractivity (Wildman–Crippen MR) is 84.8 cm³/mol. The van der Waals surface area contributed by atoms with Gasteiger partial charge in [-0.1, -0.05) is 20.3 Å². The van der Waals surface area contributed by atoms with Gasteiger partial charge in [0.25, 0.3) is 0 Å². The maximum Gasteiger partial charge on any atom is 0.198 e. The highest BCUT2D eigenvalue weighted by atomic mass is 79.9. The van der Waals surface area contributed by atoms with Gasteiger partial charge in [0, 0.05) is 31.6 Å². The van der Waals surface area contributed by atoms with Gasteiger partial charge in [-0.3, -0.25) is 0 Å². The van der Waals surface area contributed by atoms with Gasteiger partial charge in [0.1, 0.15) is 5.82 Å². The van der Waals surface area contributed by atoms with E-state index in [1.165, 1.54) is 30.5 Å². The summed E-state index contributed by atoms with van der Waals surface area (Å²) in [5.41, 5.74) is 2.75. The van der Waals surface area contributed by atoms with Crippen molar-refractivity contribution in [2.24, 2.45) is 11.3 Å². The number of rotatable bonds is 4. The molecule has 0 aromatic carbocycles. The summed E-state index contributed by atoms with van der Waals surface area (Å²) in [5.74, 6) is 1.86. The predicted octanol–water partition coefficient (Wildman–Crippen LogP) is 3.12. The standard InChI is InChI=1S/C15H23BrN4/c1-15(2,10-4-3-5-10)9-18-13-11-8-17-7-6-12(11)19-14(16)20-13/h10,17H,3-9H2,1-2H3,(H,18,19,20). The molecule has 2 aliphatic rings. The maximum absolute atomic E-state index is 4.55. The average molecular weight is 339 g/mol. The van der Waals surface area contributed by atoms with E-state index in [-0.39, 0.29) is 0 Å². The van der Waals surface area contributed by atoms with Crippen LogP contribution in [0.25, 0.3) is 0 Å². The number of nitrogens with one attached hydrogen (secondary N) is 2. The van der Waals surface area contributed by atoms with Crippen molar-refractivity contribution >= 4 is 21.7 Å². The zero-order chi connectivity index (χ0) is 14.2. The number of hydrogen-bond donors (Lipinski definition) is 2. The van der Waals surface area contributed by atoms with Crippen LogP contribution in [0.5, 0.6) is 0 Å². The third kappa shape index (κ3) is 2.84. The number of anilines is 1. The van der Waals surface area contributed by atoms with Crippen LogP contribution < -0.4 is 10.6 Å². The Balaban J connectivity index is 1.75. The van der Waals surface area contributed by atoms with Crippen molar-refractivity contribution in [3.8, 4) is 0 Å². The van der Waals surface area contributed by atoms with Crippen LogP contribution in [0.2, 0.25) is 0 Å². The van der Waals surface area contributed by atoms with E-state index in [1.807, 2.05) is 0 Å². The molecule has 3 rings (SSSR count). The molecule has 0 saturated heterocycles. The van der Waals surface area contributed by atoms with Gasteiger partial charge in [-0.15, -0.1) is 0 Å². The number of fused-ring (bicyclic) bond motifs is 1. The molecule has 20 heavy (non-hydrogen) atoms. The summed E-state index contributed by atoms with van der Waals surface area (Å²) in [6.45, 7) is 7.58. The van der Waals surface area contributed by atoms with Crippen LogP contribution in [0, 0.1) is 11.3 Å². The van der Waals surface area contributed by atoms with Crippen LogP contribution in [0.3, 0.4) is 0 Å². The molecule has 1 aromatic heterocycles. The molecule has 0 atom stereocenters. The van der Waals surface area contributed by atoms with E-state index < -0.39 is 0 Å². The van der Waals surface area contributed by atoms with E-state index in [2.05, 4.69) is 50.4 Å². The smallest absolute Gasteiger partial charge is 0.198 e. The van der Waals surface area contributed by atoms with Gasteiger partial charge in [0.2, 0.25) is 0 Å². The molecule has 110 valence electrons. The molecular formula is C15H23BrN4. The fraction of sp³-hybridized carbons (Fsp3) is 0.733. The molecule has 2 heterocycles. The summed E-state index contributed by atoms with van der Waals surface area (Å²) in [4.78, 5) is 9.05. The minimum Gasteiger partial charge on any atom is -0.369 e. The topological polar surface area (TPSA) is 49.8 Å². The molecule has 1 aliphatic carbocycles. The van der Waals surface area contributed by atoms with Gasteiger partial charge in [-0.2, -0.15) is 0 Å². The lowest BCUT2D eigenvalue weighted by Crippen LogP contribution is -2.36. The molecule has 1 aliphatic heterocycles. The van der Waals surface area contributed by atoms with Crippen molar-refractivity contribution in [3.63, 3.8) is 0 Å². The number of nitrogens with zero attached hydrogens (tertiary/aromatic N) is 2. The quantitative estimate of drug-likeness (QED) is 0.828. The van der Waals surface area contributed by atoms with E-state index >= 15 is 0 Å².